The highest BCUT2D eigenvalue weighted by Crippen LogP contribution is 2.27. The van der Waals surface area contributed by atoms with Gasteiger partial charge in [-0.3, -0.25) is 0 Å². The topological polar surface area (TPSA) is 9.23 Å². The molecule has 40 heavy (non-hydrogen) atoms. The first-order chi connectivity index (χ1) is 18.9. The smallest absolute Gasteiger partial charge is 0.0547 e. The molecule has 1 heterocycles. The van der Waals surface area contributed by atoms with Crippen molar-refractivity contribution >= 4 is 0 Å². The van der Waals surface area contributed by atoms with E-state index in [4.69, 9.17) is 4.74 Å². The highest BCUT2D eigenvalue weighted by molar-refractivity contribution is 5.02. The summed E-state index contributed by atoms with van der Waals surface area (Å²) >= 11 is 0. The van der Waals surface area contributed by atoms with Crippen molar-refractivity contribution in [3.63, 3.8) is 0 Å². The van der Waals surface area contributed by atoms with Crippen LogP contribution in [-0.2, 0) is 4.74 Å². The first-order valence-corrected chi connectivity index (χ1v) is 17.6. The molecule has 5 rings (SSSR count). The molecular formula is C39H72O. The Morgan fingerprint density at radius 1 is 0.475 bits per heavy atom. The molecule has 2 fully saturated rings. The Labute approximate surface area is 253 Å². The van der Waals surface area contributed by atoms with Gasteiger partial charge in [0.15, 0.2) is 0 Å². The van der Waals surface area contributed by atoms with Crippen molar-refractivity contribution in [3.05, 3.63) is 35.5 Å². The summed E-state index contributed by atoms with van der Waals surface area (Å²) in [4.78, 5) is 0. The Hall–Kier alpha value is -0.820. The minimum absolute atomic E-state index is 0.520. The fourth-order valence-corrected chi connectivity index (χ4v) is 5.73. The van der Waals surface area contributed by atoms with Crippen LogP contribution in [0.15, 0.2) is 35.5 Å². The molecule has 0 spiro atoms. The molecule has 0 amide bonds. The highest BCUT2D eigenvalue weighted by Gasteiger charge is 2.14. The van der Waals surface area contributed by atoms with Gasteiger partial charge in [0.25, 0.3) is 0 Å². The summed E-state index contributed by atoms with van der Waals surface area (Å²) in [5.74, 6) is 6.40. The number of rotatable bonds is 0. The van der Waals surface area contributed by atoms with Gasteiger partial charge in [-0.1, -0.05) is 110 Å². The van der Waals surface area contributed by atoms with E-state index in [0.29, 0.717) is 6.10 Å². The van der Waals surface area contributed by atoms with E-state index in [1.165, 1.54) is 89.9 Å². The molecule has 6 atom stereocenters. The fourth-order valence-electron chi connectivity index (χ4n) is 5.73. The van der Waals surface area contributed by atoms with Crippen LogP contribution in [0.5, 0.6) is 0 Å². The summed E-state index contributed by atoms with van der Waals surface area (Å²) in [6.45, 7) is 23.8. The van der Waals surface area contributed by atoms with Crippen LogP contribution in [0.25, 0.3) is 0 Å². The molecule has 0 radical (unpaired) electrons. The zero-order chi connectivity index (χ0) is 29.9. The number of hydrogen-bond donors (Lipinski definition) is 0. The quantitative estimate of drug-likeness (QED) is 0.270. The van der Waals surface area contributed by atoms with Gasteiger partial charge in [0, 0.05) is 6.61 Å². The molecule has 1 saturated carbocycles. The SMILES string of the molecule is CC1=CCC(C)CC1.CC1=CCC(C)CC1.CC1C=CC(C)CC1.CC1CCC(C)CC1.CC1CCC(C)OC1. The summed E-state index contributed by atoms with van der Waals surface area (Å²) in [7, 11) is 0. The minimum Gasteiger partial charge on any atom is -0.378 e. The standard InChI is InChI=1S/C8H16.3C8H14.C7H14O/c4*1-7-3-5-8(2)6-4-7;1-6-3-4-7(2)8-5-6/h7-8H,3-6H2,1-2H3;2*3,8H,4-6H2,1-2H3;3,5,7-8H,4,6H2,1-2H3;6-7H,3-5H2,1-2H3. The molecule has 0 aromatic heterocycles. The van der Waals surface area contributed by atoms with Crippen LogP contribution in [-0.4, -0.2) is 12.7 Å². The number of allylic oxidation sites excluding steroid dienone is 6. The second-order valence-electron chi connectivity index (χ2n) is 15.0. The third kappa shape index (κ3) is 20.1. The Morgan fingerprint density at radius 3 is 1.12 bits per heavy atom. The lowest BCUT2D eigenvalue weighted by molar-refractivity contribution is 0.000267. The zero-order valence-electron chi connectivity index (χ0n) is 28.9. The molecular weight excluding hydrogens is 484 g/mol. The first kappa shape index (κ1) is 37.2. The summed E-state index contributed by atoms with van der Waals surface area (Å²) in [5, 5.41) is 0. The van der Waals surface area contributed by atoms with E-state index in [-0.39, 0.29) is 0 Å². The van der Waals surface area contributed by atoms with Gasteiger partial charge in [-0.15, -0.1) is 0 Å². The lowest BCUT2D eigenvalue weighted by atomic mass is 9.84. The average Bonchev–Trinajstić information content (AvgIpc) is 2.94. The minimum atomic E-state index is 0.520. The third-order valence-corrected chi connectivity index (χ3v) is 9.68. The molecule has 0 aromatic rings. The van der Waals surface area contributed by atoms with Gasteiger partial charge in [-0.2, -0.15) is 0 Å². The fraction of sp³-hybridized carbons (Fsp3) is 0.846. The van der Waals surface area contributed by atoms with Crippen molar-refractivity contribution in [3.8, 4) is 0 Å². The molecule has 234 valence electrons. The molecule has 0 N–H and O–H groups in total. The van der Waals surface area contributed by atoms with Gasteiger partial charge in [0.05, 0.1) is 6.10 Å². The summed E-state index contributed by atoms with van der Waals surface area (Å²) in [5.41, 5.74) is 3.17. The van der Waals surface area contributed by atoms with E-state index in [9.17, 15) is 0 Å². The lowest BCUT2D eigenvalue weighted by Gasteiger charge is -2.23. The van der Waals surface area contributed by atoms with Gasteiger partial charge in [-0.05, 0) is 126 Å². The first-order valence-electron chi connectivity index (χ1n) is 17.6. The average molecular weight is 557 g/mol. The van der Waals surface area contributed by atoms with E-state index in [1.54, 1.807) is 11.1 Å². The van der Waals surface area contributed by atoms with E-state index >= 15 is 0 Å². The van der Waals surface area contributed by atoms with E-state index < -0.39 is 0 Å². The van der Waals surface area contributed by atoms with Gasteiger partial charge < -0.3 is 4.74 Å². The molecule has 1 saturated heterocycles. The Morgan fingerprint density at radius 2 is 0.875 bits per heavy atom. The van der Waals surface area contributed by atoms with E-state index in [0.717, 1.165) is 48.0 Å². The zero-order valence-corrected chi connectivity index (χ0v) is 28.9. The maximum Gasteiger partial charge on any atom is 0.0547 e. The predicted octanol–water partition coefficient (Wildman–Crippen LogP) is 12.8. The van der Waals surface area contributed by atoms with Crippen LogP contribution >= 0.6 is 0 Å². The van der Waals surface area contributed by atoms with Crippen molar-refractivity contribution in [1.29, 1.82) is 0 Å². The van der Waals surface area contributed by atoms with E-state index in [1.807, 2.05) is 0 Å². The van der Waals surface area contributed by atoms with Crippen LogP contribution in [0.1, 0.15) is 159 Å². The van der Waals surface area contributed by atoms with Gasteiger partial charge in [-0.25, -0.2) is 0 Å². The Bertz CT molecular complexity index is 618. The van der Waals surface area contributed by atoms with E-state index in [2.05, 4.69) is 93.5 Å². The van der Waals surface area contributed by atoms with Crippen molar-refractivity contribution < 1.29 is 4.74 Å². The largest absolute Gasteiger partial charge is 0.378 e. The van der Waals surface area contributed by atoms with Crippen molar-refractivity contribution in [2.45, 2.75) is 165 Å². The summed E-state index contributed by atoms with van der Waals surface area (Å²) < 4.78 is 5.39. The molecule has 1 aliphatic heterocycles. The lowest BCUT2D eigenvalue weighted by Crippen LogP contribution is -2.21. The second-order valence-corrected chi connectivity index (χ2v) is 15.0. The number of ether oxygens (including phenoxy) is 1. The Balaban J connectivity index is 0.000000250. The van der Waals surface area contributed by atoms with Gasteiger partial charge in [0.1, 0.15) is 0 Å². The van der Waals surface area contributed by atoms with Crippen molar-refractivity contribution in [1.82, 2.24) is 0 Å². The van der Waals surface area contributed by atoms with Crippen LogP contribution < -0.4 is 0 Å². The van der Waals surface area contributed by atoms with Crippen LogP contribution in [0.2, 0.25) is 0 Å². The van der Waals surface area contributed by atoms with Crippen molar-refractivity contribution in [2.24, 2.45) is 41.4 Å². The third-order valence-electron chi connectivity index (χ3n) is 9.68. The monoisotopic (exact) mass is 557 g/mol. The predicted molar refractivity (Wildman–Crippen MR) is 181 cm³/mol. The maximum atomic E-state index is 5.39. The van der Waals surface area contributed by atoms with Crippen LogP contribution in [0.3, 0.4) is 0 Å². The summed E-state index contributed by atoms with van der Waals surface area (Å²) in [6.07, 6.45) is 29.3. The van der Waals surface area contributed by atoms with Crippen molar-refractivity contribution in [2.75, 3.05) is 6.61 Å². The van der Waals surface area contributed by atoms with Gasteiger partial charge in [0.2, 0.25) is 0 Å². The summed E-state index contributed by atoms with van der Waals surface area (Å²) in [6, 6.07) is 0. The molecule has 1 heteroatoms. The molecule has 4 aliphatic carbocycles. The normalized spacial score (nSPS) is 35.4. The van der Waals surface area contributed by atoms with Crippen LogP contribution in [0.4, 0.5) is 0 Å². The van der Waals surface area contributed by atoms with Crippen LogP contribution in [0, 0.1) is 41.4 Å². The highest BCUT2D eigenvalue weighted by atomic mass is 16.5. The second kappa shape index (κ2) is 21.8. The van der Waals surface area contributed by atoms with Gasteiger partial charge >= 0.3 is 0 Å². The molecule has 0 aromatic carbocycles. The number of hydrogen-bond acceptors (Lipinski definition) is 1. The maximum absolute atomic E-state index is 5.39. The molecule has 5 aliphatic rings. The molecule has 0 bridgehead atoms. The molecule has 6 unspecified atom stereocenters. The molecule has 1 nitrogen and oxygen atoms in total. The Kier molecular flexibility index (Phi) is 20.3.